The van der Waals surface area contributed by atoms with Gasteiger partial charge in [-0.2, -0.15) is 0 Å². The van der Waals surface area contributed by atoms with Crippen molar-refractivity contribution >= 4 is 17.5 Å². The molecule has 1 atom stereocenters. The van der Waals surface area contributed by atoms with Gasteiger partial charge in [0.15, 0.2) is 0 Å². The standard InChI is InChI=1S/C22H25N3O2/c1-4-13-23-22(27)16-25(15-19-9-6-5-7-10-19)17(2)20-11-8-12-21(14-20)24-18(3)26/h1,5-12,14,17H,13,15-16H2,2-3H3,(H,23,27)(H,24,26). The molecule has 0 saturated heterocycles. The summed E-state index contributed by atoms with van der Waals surface area (Å²) in [6, 6.07) is 17.6. The van der Waals surface area contributed by atoms with Crippen LogP contribution in [-0.2, 0) is 16.1 Å². The van der Waals surface area contributed by atoms with Gasteiger partial charge in [0, 0.05) is 25.2 Å². The lowest BCUT2D eigenvalue weighted by molar-refractivity contribution is -0.122. The van der Waals surface area contributed by atoms with Gasteiger partial charge in [-0.15, -0.1) is 6.42 Å². The number of carbonyl (C=O) groups excluding carboxylic acids is 2. The summed E-state index contributed by atoms with van der Waals surface area (Å²) in [4.78, 5) is 25.6. The van der Waals surface area contributed by atoms with Crippen LogP contribution in [0.15, 0.2) is 54.6 Å². The van der Waals surface area contributed by atoms with Crippen molar-refractivity contribution < 1.29 is 9.59 Å². The van der Waals surface area contributed by atoms with Gasteiger partial charge in [-0.3, -0.25) is 14.5 Å². The molecule has 0 saturated carbocycles. The lowest BCUT2D eigenvalue weighted by Crippen LogP contribution is -2.38. The van der Waals surface area contributed by atoms with Gasteiger partial charge in [0.1, 0.15) is 0 Å². The minimum Gasteiger partial charge on any atom is -0.344 e. The number of benzene rings is 2. The molecule has 0 aliphatic rings. The lowest BCUT2D eigenvalue weighted by atomic mass is 10.0. The first kappa shape index (κ1) is 20.2. The third kappa shape index (κ3) is 6.61. The maximum absolute atomic E-state index is 12.2. The van der Waals surface area contributed by atoms with Crippen LogP contribution in [0.4, 0.5) is 5.69 Å². The van der Waals surface area contributed by atoms with Crippen LogP contribution in [0.25, 0.3) is 0 Å². The number of terminal acetylenes is 1. The Morgan fingerprint density at radius 3 is 2.56 bits per heavy atom. The van der Waals surface area contributed by atoms with Crippen molar-refractivity contribution in [2.45, 2.75) is 26.4 Å². The van der Waals surface area contributed by atoms with Gasteiger partial charge in [-0.1, -0.05) is 48.4 Å². The van der Waals surface area contributed by atoms with Crippen LogP contribution in [0.5, 0.6) is 0 Å². The quantitative estimate of drug-likeness (QED) is 0.709. The second kappa shape index (κ2) is 10.1. The van der Waals surface area contributed by atoms with Gasteiger partial charge < -0.3 is 10.6 Å². The van der Waals surface area contributed by atoms with Gasteiger partial charge in [0.05, 0.1) is 13.1 Å². The molecule has 0 bridgehead atoms. The van der Waals surface area contributed by atoms with Gasteiger partial charge in [0.25, 0.3) is 0 Å². The Hall–Kier alpha value is -3.10. The van der Waals surface area contributed by atoms with E-state index in [0.29, 0.717) is 6.54 Å². The van der Waals surface area contributed by atoms with Crippen molar-refractivity contribution in [2.75, 3.05) is 18.4 Å². The number of nitrogens with zero attached hydrogens (tertiary/aromatic N) is 1. The fourth-order valence-corrected chi connectivity index (χ4v) is 2.83. The summed E-state index contributed by atoms with van der Waals surface area (Å²) in [6.07, 6.45) is 5.23. The third-order valence-corrected chi connectivity index (χ3v) is 4.20. The van der Waals surface area contributed by atoms with E-state index in [9.17, 15) is 9.59 Å². The van der Waals surface area contributed by atoms with Crippen LogP contribution in [0.3, 0.4) is 0 Å². The van der Waals surface area contributed by atoms with Crippen LogP contribution < -0.4 is 10.6 Å². The predicted octanol–water partition coefficient (Wildman–Crippen LogP) is 2.96. The zero-order valence-electron chi connectivity index (χ0n) is 15.7. The normalized spacial score (nSPS) is 11.5. The number of nitrogens with one attached hydrogen (secondary N) is 2. The van der Waals surface area contributed by atoms with E-state index in [2.05, 4.69) is 21.5 Å². The number of hydrogen-bond acceptors (Lipinski definition) is 3. The summed E-state index contributed by atoms with van der Waals surface area (Å²) >= 11 is 0. The Morgan fingerprint density at radius 1 is 1.15 bits per heavy atom. The van der Waals surface area contributed by atoms with Crippen molar-refractivity contribution in [2.24, 2.45) is 0 Å². The molecule has 2 amide bonds. The Bertz CT molecular complexity index is 812. The van der Waals surface area contributed by atoms with E-state index in [-0.39, 0.29) is 30.9 Å². The maximum Gasteiger partial charge on any atom is 0.234 e. The van der Waals surface area contributed by atoms with Crippen molar-refractivity contribution in [3.05, 3.63) is 65.7 Å². The SMILES string of the molecule is C#CCNC(=O)CN(Cc1ccccc1)C(C)c1cccc(NC(C)=O)c1. The number of rotatable bonds is 8. The average Bonchev–Trinajstić information content (AvgIpc) is 2.66. The first-order valence-corrected chi connectivity index (χ1v) is 8.85. The summed E-state index contributed by atoms with van der Waals surface area (Å²) in [7, 11) is 0. The van der Waals surface area contributed by atoms with E-state index in [1.165, 1.54) is 6.92 Å². The van der Waals surface area contributed by atoms with Crippen molar-refractivity contribution in [1.29, 1.82) is 0 Å². The Kier molecular flexibility index (Phi) is 7.60. The molecule has 0 fully saturated rings. The molecule has 5 heteroatoms. The fraction of sp³-hybridized carbons (Fsp3) is 0.273. The Labute approximate surface area is 160 Å². The van der Waals surface area contributed by atoms with Crippen LogP contribution in [0.2, 0.25) is 0 Å². The minimum absolute atomic E-state index is 0.0319. The van der Waals surface area contributed by atoms with Crippen LogP contribution in [-0.4, -0.2) is 29.8 Å². The first-order valence-electron chi connectivity index (χ1n) is 8.85. The monoisotopic (exact) mass is 363 g/mol. The molecular weight excluding hydrogens is 338 g/mol. The summed E-state index contributed by atoms with van der Waals surface area (Å²) < 4.78 is 0. The maximum atomic E-state index is 12.2. The van der Waals surface area contributed by atoms with Crippen molar-refractivity contribution in [3.63, 3.8) is 0 Å². The van der Waals surface area contributed by atoms with Gasteiger partial charge >= 0.3 is 0 Å². The number of anilines is 1. The van der Waals surface area contributed by atoms with E-state index in [0.717, 1.165) is 16.8 Å². The second-order valence-electron chi connectivity index (χ2n) is 6.35. The van der Waals surface area contributed by atoms with Gasteiger partial charge in [0.2, 0.25) is 11.8 Å². The molecule has 0 spiro atoms. The van der Waals surface area contributed by atoms with Gasteiger partial charge in [-0.25, -0.2) is 0 Å². The third-order valence-electron chi connectivity index (χ3n) is 4.20. The molecule has 1 unspecified atom stereocenters. The van der Waals surface area contributed by atoms with Crippen molar-refractivity contribution in [3.8, 4) is 12.3 Å². The highest BCUT2D eigenvalue weighted by molar-refractivity contribution is 5.88. The zero-order valence-corrected chi connectivity index (χ0v) is 15.7. The summed E-state index contributed by atoms with van der Waals surface area (Å²) in [6.45, 7) is 4.58. The summed E-state index contributed by atoms with van der Waals surface area (Å²) in [5, 5.41) is 5.52. The molecule has 27 heavy (non-hydrogen) atoms. The van der Waals surface area contributed by atoms with Gasteiger partial charge in [-0.05, 0) is 30.2 Å². The van der Waals surface area contributed by atoms with E-state index in [4.69, 9.17) is 6.42 Å². The molecule has 0 aliphatic heterocycles. The highest BCUT2D eigenvalue weighted by Crippen LogP contribution is 2.24. The van der Waals surface area contributed by atoms with E-state index < -0.39 is 0 Å². The molecular formula is C22H25N3O2. The molecule has 2 aromatic rings. The van der Waals surface area contributed by atoms with Crippen LogP contribution in [0.1, 0.15) is 31.0 Å². The molecule has 2 aromatic carbocycles. The summed E-state index contributed by atoms with van der Waals surface area (Å²) in [5.74, 6) is 2.18. The van der Waals surface area contributed by atoms with E-state index in [1.807, 2.05) is 61.5 Å². The van der Waals surface area contributed by atoms with E-state index >= 15 is 0 Å². The smallest absolute Gasteiger partial charge is 0.234 e. The lowest BCUT2D eigenvalue weighted by Gasteiger charge is -2.29. The van der Waals surface area contributed by atoms with E-state index in [1.54, 1.807) is 0 Å². The first-order chi connectivity index (χ1) is 13.0. The minimum atomic E-state index is -0.117. The highest BCUT2D eigenvalue weighted by Gasteiger charge is 2.19. The molecule has 0 radical (unpaired) electrons. The number of hydrogen-bond donors (Lipinski definition) is 2. The molecule has 0 aromatic heterocycles. The molecule has 0 aliphatic carbocycles. The molecule has 5 nitrogen and oxygen atoms in total. The highest BCUT2D eigenvalue weighted by atomic mass is 16.2. The number of amides is 2. The van der Waals surface area contributed by atoms with Crippen LogP contribution in [0, 0.1) is 12.3 Å². The molecule has 2 rings (SSSR count). The molecule has 140 valence electrons. The largest absolute Gasteiger partial charge is 0.344 e. The summed E-state index contributed by atoms with van der Waals surface area (Å²) in [5.41, 5.74) is 2.87. The topological polar surface area (TPSA) is 61.4 Å². The Balaban J connectivity index is 2.21. The number of carbonyl (C=O) groups is 2. The average molecular weight is 363 g/mol. The Morgan fingerprint density at radius 2 is 1.89 bits per heavy atom. The van der Waals surface area contributed by atoms with Crippen LogP contribution >= 0.6 is 0 Å². The van der Waals surface area contributed by atoms with Crippen molar-refractivity contribution in [1.82, 2.24) is 10.2 Å². The second-order valence-corrected chi connectivity index (χ2v) is 6.35. The predicted molar refractivity (Wildman–Crippen MR) is 108 cm³/mol. The molecule has 0 heterocycles. The molecule has 2 N–H and O–H groups in total. The zero-order chi connectivity index (χ0) is 19.6. The fourth-order valence-electron chi connectivity index (χ4n) is 2.83.